The van der Waals surface area contributed by atoms with Crippen LogP contribution in [0.4, 0.5) is 0 Å². The van der Waals surface area contributed by atoms with Crippen molar-refractivity contribution < 1.29 is 4.79 Å². The normalized spacial score (nSPS) is 11.2. The minimum atomic E-state index is -0.588. The molecule has 0 unspecified atom stereocenters. The molecule has 0 saturated heterocycles. The fourth-order valence-corrected chi connectivity index (χ4v) is 4.21. The highest BCUT2D eigenvalue weighted by atomic mass is 16.2. The van der Waals surface area contributed by atoms with Crippen LogP contribution in [0.15, 0.2) is 82.8 Å². The SMILES string of the molecule is CN(Cc1cn(-c2ccccc2)nc1-c1ccccc1)C(=O)Cn1c(=O)c2c(ncn2C)n(C)c1=O. The quantitative estimate of drug-likeness (QED) is 0.368. The summed E-state index contributed by atoms with van der Waals surface area (Å²) in [5.74, 6) is -0.373. The Labute approximate surface area is 206 Å². The van der Waals surface area contributed by atoms with Gasteiger partial charge in [0.15, 0.2) is 11.2 Å². The molecule has 10 nitrogen and oxygen atoms in total. The molecule has 2 aromatic carbocycles. The van der Waals surface area contributed by atoms with Crippen LogP contribution < -0.4 is 11.2 Å². The monoisotopic (exact) mass is 483 g/mol. The van der Waals surface area contributed by atoms with E-state index in [4.69, 9.17) is 5.10 Å². The molecule has 0 radical (unpaired) electrons. The number of carbonyl (C=O) groups excluding carboxylic acids is 1. The number of imidazole rings is 1. The number of hydrogen-bond acceptors (Lipinski definition) is 5. The smallest absolute Gasteiger partial charge is 0.332 e. The van der Waals surface area contributed by atoms with Gasteiger partial charge in [0, 0.05) is 45.0 Å². The van der Waals surface area contributed by atoms with Gasteiger partial charge in [0.05, 0.1) is 17.7 Å². The van der Waals surface area contributed by atoms with Gasteiger partial charge in [-0.3, -0.25) is 14.2 Å². The lowest BCUT2D eigenvalue weighted by atomic mass is 10.1. The molecule has 0 aliphatic heterocycles. The first-order valence-corrected chi connectivity index (χ1v) is 11.4. The highest BCUT2D eigenvalue weighted by molar-refractivity contribution is 5.77. The molecule has 1 amide bonds. The molecular weight excluding hydrogens is 458 g/mol. The van der Waals surface area contributed by atoms with E-state index in [1.165, 1.54) is 22.8 Å². The Hall–Kier alpha value is -4.73. The van der Waals surface area contributed by atoms with Crippen molar-refractivity contribution in [2.75, 3.05) is 7.05 Å². The van der Waals surface area contributed by atoms with Crippen molar-refractivity contribution in [2.45, 2.75) is 13.1 Å². The summed E-state index contributed by atoms with van der Waals surface area (Å²) < 4.78 is 5.56. The second kappa shape index (κ2) is 9.14. The van der Waals surface area contributed by atoms with Gasteiger partial charge in [-0.2, -0.15) is 5.10 Å². The Morgan fingerprint density at radius 2 is 1.64 bits per heavy atom. The van der Waals surface area contributed by atoms with E-state index in [9.17, 15) is 14.4 Å². The summed E-state index contributed by atoms with van der Waals surface area (Å²) in [4.78, 5) is 44.6. The Morgan fingerprint density at radius 3 is 2.33 bits per heavy atom. The minimum Gasteiger partial charge on any atom is -0.340 e. The number of likely N-dealkylation sites (N-methyl/N-ethyl adjacent to an activating group) is 1. The molecule has 3 aromatic heterocycles. The zero-order valence-electron chi connectivity index (χ0n) is 20.2. The van der Waals surface area contributed by atoms with Gasteiger partial charge in [0.25, 0.3) is 5.56 Å². The first-order valence-electron chi connectivity index (χ1n) is 11.4. The summed E-state index contributed by atoms with van der Waals surface area (Å²) in [5, 5.41) is 4.79. The standard InChI is InChI=1S/C26H25N7O3/c1-29(21(34)16-32-25(35)23-24(27-17-30(23)2)31(3)26(32)36)14-19-15-33(20-12-8-5-9-13-20)28-22(19)18-10-6-4-7-11-18/h4-13,15,17H,14,16H2,1-3H3. The van der Waals surface area contributed by atoms with Crippen molar-refractivity contribution in [3.05, 3.63) is 99.6 Å². The molecule has 36 heavy (non-hydrogen) atoms. The van der Waals surface area contributed by atoms with Crippen LogP contribution in [0.5, 0.6) is 0 Å². The van der Waals surface area contributed by atoms with Gasteiger partial charge in [-0.05, 0) is 12.1 Å². The lowest BCUT2D eigenvalue weighted by molar-refractivity contribution is -0.131. The fourth-order valence-electron chi connectivity index (χ4n) is 4.21. The summed E-state index contributed by atoms with van der Waals surface area (Å²) in [7, 11) is 4.86. The van der Waals surface area contributed by atoms with Crippen molar-refractivity contribution in [1.29, 1.82) is 0 Å². The number of aryl methyl sites for hydroxylation is 2. The number of carbonyl (C=O) groups is 1. The summed E-state index contributed by atoms with van der Waals surface area (Å²) in [6, 6.07) is 19.5. The van der Waals surface area contributed by atoms with Crippen LogP contribution in [-0.2, 0) is 32.0 Å². The van der Waals surface area contributed by atoms with Gasteiger partial charge < -0.3 is 9.47 Å². The largest absolute Gasteiger partial charge is 0.340 e. The molecule has 5 aromatic rings. The van der Waals surface area contributed by atoms with E-state index in [2.05, 4.69) is 4.98 Å². The highest BCUT2D eigenvalue weighted by Crippen LogP contribution is 2.24. The number of aromatic nitrogens is 6. The third kappa shape index (κ3) is 4.02. The molecule has 182 valence electrons. The zero-order valence-corrected chi connectivity index (χ0v) is 20.2. The first kappa shape index (κ1) is 23.0. The maximum atomic E-state index is 13.2. The fraction of sp³-hybridized carbons (Fsp3) is 0.192. The van der Waals surface area contributed by atoms with Crippen molar-refractivity contribution in [3.8, 4) is 16.9 Å². The topological polar surface area (TPSA) is 100.0 Å². The average molecular weight is 484 g/mol. The second-order valence-corrected chi connectivity index (χ2v) is 8.66. The van der Waals surface area contributed by atoms with Crippen molar-refractivity contribution in [2.24, 2.45) is 14.1 Å². The van der Waals surface area contributed by atoms with E-state index in [1.807, 2.05) is 66.9 Å². The Kier molecular flexibility index (Phi) is 5.85. The van der Waals surface area contributed by atoms with Gasteiger partial charge in [-0.15, -0.1) is 0 Å². The van der Waals surface area contributed by atoms with E-state index in [0.717, 1.165) is 27.1 Å². The molecule has 0 fully saturated rings. The summed E-state index contributed by atoms with van der Waals surface area (Å²) >= 11 is 0. The lowest BCUT2D eigenvalue weighted by Gasteiger charge is -2.18. The van der Waals surface area contributed by atoms with Crippen molar-refractivity contribution in [3.63, 3.8) is 0 Å². The maximum Gasteiger partial charge on any atom is 0.332 e. The van der Waals surface area contributed by atoms with E-state index in [-0.39, 0.29) is 30.2 Å². The number of nitrogens with zero attached hydrogens (tertiary/aromatic N) is 7. The first-order chi connectivity index (χ1) is 17.3. The van der Waals surface area contributed by atoms with Crippen LogP contribution in [0.3, 0.4) is 0 Å². The molecule has 0 bridgehead atoms. The summed E-state index contributed by atoms with van der Waals surface area (Å²) in [6.07, 6.45) is 3.37. The van der Waals surface area contributed by atoms with Crippen molar-refractivity contribution >= 4 is 17.1 Å². The molecule has 5 rings (SSSR count). The molecule has 3 heterocycles. The molecule has 0 saturated carbocycles. The van der Waals surface area contributed by atoms with E-state index < -0.39 is 11.2 Å². The van der Waals surface area contributed by atoms with Gasteiger partial charge in [-0.25, -0.2) is 19.0 Å². The number of rotatable bonds is 6. The Bertz CT molecular complexity index is 1680. The number of amides is 1. The second-order valence-electron chi connectivity index (χ2n) is 8.66. The van der Waals surface area contributed by atoms with Crippen LogP contribution >= 0.6 is 0 Å². The Morgan fingerprint density at radius 1 is 0.972 bits per heavy atom. The average Bonchev–Trinajstić information content (AvgIpc) is 3.50. The number of fused-ring (bicyclic) bond motifs is 1. The minimum absolute atomic E-state index is 0.249. The highest BCUT2D eigenvalue weighted by Gasteiger charge is 2.21. The third-order valence-electron chi connectivity index (χ3n) is 6.19. The van der Waals surface area contributed by atoms with Gasteiger partial charge >= 0.3 is 5.69 Å². The molecule has 10 heteroatoms. The van der Waals surface area contributed by atoms with Crippen LogP contribution in [-0.4, -0.2) is 46.3 Å². The lowest BCUT2D eigenvalue weighted by Crippen LogP contribution is -2.43. The van der Waals surface area contributed by atoms with Crippen LogP contribution in [0, 0.1) is 0 Å². The zero-order chi connectivity index (χ0) is 25.4. The van der Waals surface area contributed by atoms with Crippen LogP contribution in [0.2, 0.25) is 0 Å². The van der Waals surface area contributed by atoms with Crippen LogP contribution in [0.1, 0.15) is 5.56 Å². The van der Waals surface area contributed by atoms with Crippen molar-refractivity contribution in [1.82, 2.24) is 33.4 Å². The maximum absolute atomic E-state index is 13.2. The number of para-hydroxylation sites is 1. The number of benzene rings is 2. The third-order valence-corrected chi connectivity index (χ3v) is 6.19. The molecule has 0 aliphatic carbocycles. The van der Waals surface area contributed by atoms with Gasteiger partial charge in [0.1, 0.15) is 6.54 Å². The van der Waals surface area contributed by atoms with E-state index >= 15 is 0 Å². The number of hydrogen-bond donors (Lipinski definition) is 0. The summed E-state index contributed by atoms with van der Waals surface area (Å²) in [6.45, 7) is -0.129. The predicted octanol–water partition coefficient (Wildman–Crippen LogP) is 1.94. The molecule has 0 spiro atoms. The molecule has 0 N–H and O–H groups in total. The van der Waals surface area contributed by atoms with E-state index in [1.54, 1.807) is 23.3 Å². The summed E-state index contributed by atoms with van der Waals surface area (Å²) in [5.41, 5.74) is 2.83. The molecule has 0 atom stereocenters. The van der Waals surface area contributed by atoms with Gasteiger partial charge in [-0.1, -0.05) is 48.5 Å². The van der Waals surface area contributed by atoms with Crippen LogP contribution in [0.25, 0.3) is 28.1 Å². The molecule has 0 aliphatic rings. The predicted molar refractivity (Wildman–Crippen MR) is 136 cm³/mol. The van der Waals surface area contributed by atoms with E-state index in [0.29, 0.717) is 0 Å². The Balaban J connectivity index is 1.47. The molecular formula is C26H25N7O3. The van der Waals surface area contributed by atoms with Gasteiger partial charge in [0.2, 0.25) is 5.91 Å².